The molecule has 0 saturated heterocycles. The Hall–Kier alpha value is -2.30. The molecule has 5 nitrogen and oxygen atoms in total. The summed E-state index contributed by atoms with van der Waals surface area (Å²) in [6, 6.07) is 8.27. The lowest BCUT2D eigenvalue weighted by molar-refractivity contribution is 0.0504. The molecular formula is C19H24N2O3. The summed E-state index contributed by atoms with van der Waals surface area (Å²) in [4.78, 5) is 22.8. The minimum atomic E-state index is -0.477. The summed E-state index contributed by atoms with van der Waals surface area (Å²) in [6.07, 6.45) is 5.43. The van der Waals surface area contributed by atoms with E-state index < -0.39 is 5.60 Å². The molecule has 0 aliphatic heterocycles. The number of hydrogen-bond acceptors (Lipinski definition) is 3. The zero-order chi connectivity index (χ0) is 17.3. The van der Waals surface area contributed by atoms with E-state index in [2.05, 4.69) is 16.1 Å². The Balaban J connectivity index is 1.67. The number of rotatable bonds is 3. The predicted octanol–water partition coefficient (Wildman–Crippen LogP) is 4.07. The number of aromatic nitrogens is 1. The normalized spacial score (nSPS) is 21.0. The van der Waals surface area contributed by atoms with E-state index >= 15 is 0 Å². The average molecular weight is 328 g/mol. The molecule has 24 heavy (non-hydrogen) atoms. The summed E-state index contributed by atoms with van der Waals surface area (Å²) in [5.41, 5.74) is 1.34. The molecular weight excluding hydrogens is 304 g/mol. The maximum absolute atomic E-state index is 11.9. The summed E-state index contributed by atoms with van der Waals surface area (Å²) in [6.45, 7) is 5.59. The zero-order valence-corrected chi connectivity index (χ0v) is 14.4. The van der Waals surface area contributed by atoms with Crippen LogP contribution >= 0.6 is 0 Å². The first-order chi connectivity index (χ1) is 11.4. The van der Waals surface area contributed by atoms with E-state index in [1.165, 1.54) is 0 Å². The smallest absolute Gasteiger partial charge is 0.407 e. The Morgan fingerprint density at radius 2 is 2.08 bits per heavy atom. The molecule has 2 aromatic rings. The van der Waals surface area contributed by atoms with Crippen LogP contribution in [0.4, 0.5) is 4.79 Å². The van der Waals surface area contributed by atoms with Gasteiger partial charge >= 0.3 is 6.09 Å². The fourth-order valence-electron chi connectivity index (χ4n) is 3.39. The van der Waals surface area contributed by atoms with Crippen LogP contribution in [0.15, 0.2) is 30.5 Å². The molecule has 1 N–H and O–H groups in total. The maximum atomic E-state index is 11.9. The SMILES string of the molecule is CC(C)(C)OC(=O)N[C@H]1CCC(n2ccc3cc(C=O)ccc32)C1. The molecule has 1 aromatic carbocycles. The summed E-state index contributed by atoms with van der Waals surface area (Å²) >= 11 is 0. The largest absolute Gasteiger partial charge is 0.444 e. The van der Waals surface area contributed by atoms with Crippen LogP contribution in [0, 0.1) is 0 Å². The minimum absolute atomic E-state index is 0.136. The third-order valence-corrected chi connectivity index (χ3v) is 4.40. The van der Waals surface area contributed by atoms with Gasteiger partial charge in [0.1, 0.15) is 11.9 Å². The molecule has 2 atom stereocenters. The second kappa shape index (κ2) is 6.30. The van der Waals surface area contributed by atoms with Gasteiger partial charge in [-0.15, -0.1) is 0 Å². The quantitative estimate of drug-likeness (QED) is 0.864. The number of aldehydes is 1. The molecule has 128 valence electrons. The third-order valence-electron chi connectivity index (χ3n) is 4.40. The third kappa shape index (κ3) is 3.61. The number of alkyl carbamates (subject to hydrolysis) is 1. The Kier molecular flexibility index (Phi) is 4.35. The van der Waals surface area contributed by atoms with Crippen molar-refractivity contribution >= 4 is 23.3 Å². The summed E-state index contributed by atoms with van der Waals surface area (Å²) < 4.78 is 7.58. The lowest BCUT2D eigenvalue weighted by Gasteiger charge is -2.22. The molecule has 0 radical (unpaired) electrons. The van der Waals surface area contributed by atoms with Crippen molar-refractivity contribution in [1.82, 2.24) is 9.88 Å². The summed E-state index contributed by atoms with van der Waals surface area (Å²) in [5, 5.41) is 4.05. The average Bonchev–Trinajstić information content (AvgIpc) is 3.10. The van der Waals surface area contributed by atoms with Crippen LogP contribution in [-0.4, -0.2) is 28.6 Å². The van der Waals surface area contributed by atoms with Crippen molar-refractivity contribution < 1.29 is 14.3 Å². The lowest BCUT2D eigenvalue weighted by atomic mass is 10.1. The van der Waals surface area contributed by atoms with Crippen molar-refractivity contribution in [3.63, 3.8) is 0 Å². The maximum Gasteiger partial charge on any atom is 0.407 e. The molecule has 1 aromatic heterocycles. The second-order valence-electron chi connectivity index (χ2n) is 7.47. The van der Waals surface area contributed by atoms with Gasteiger partial charge in [0, 0.05) is 34.7 Å². The fraction of sp³-hybridized carbons (Fsp3) is 0.474. The number of hydrogen-bond donors (Lipinski definition) is 1. The van der Waals surface area contributed by atoms with E-state index in [4.69, 9.17) is 4.74 Å². The van der Waals surface area contributed by atoms with E-state index in [9.17, 15) is 9.59 Å². The van der Waals surface area contributed by atoms with Gasteiger partial charge in [-0.05, 0) is 64.3 Å². The summed E-state index contributed by atoms with van der Waals surface area (Å²) in [7, 11) is 0. The van der Waals surface area contributed by atoms with Crippen molar-refractivity contribution in [3.8, 4) is 0 Å². The highest BCUT2D eigenvalue weighted by molar-refractivity contribution is 5.87. The number of amides is 1. The summed E-state index contributed by atoms with van der Waals surface area (Å²) in [5.74, 6) is 0. The van der Waals surface area contributed by atoms with Gasteiger partial charge in [0.05, 0.1) is 0 Å². The van der Waals surface area contributed by atoms with Gasteiger partial charge in [-0.2, -0.15) is 0 Å². The first kappa shape index (κ1) is 16.6. The predicted molar refractivity (Wildman–Crippen MR) is 93.4 cm³/mol. The monoisotopic (exact) mass is 328 g/mol. The molecule has 1 fully saturated rings. The molecule has 1 aliphatic carbocycles. The molecule has 0 bridgehead atoms. The van der Waals surface area contributed by atoms with E-state index in [-0.39, 0.29) is 12.1 Å². The Bertz CT molecular complexity index is 758. The fourth-order valence-corrected chi connectivity index (χ4v) is 3.39. The first-order valence-corrected chi connectivity index (χ1v) is 8.41. The van der Waals surface area contributed by atoms with Gasteiger partial charge in [0.2, 0.25) is 0 Å². The highest BCUT2D eigenvalue weighted by Gasteiger charge is 2.29. The second-order valence-corrected chi connectivity index (χ2v) is 7.47. The lowest BCUT2D eigenvalue weighted by Crippen LogP contribution is -2.38. The van der Waals surface area contributed by atoms with Gasteiger partial charge in [-0.25, -0.2) is 4.79 Å². The molecule has 0 spiro atoms. The standard InChI is InChI=1S/C19H24N2O3/c1-19(2,3)24-18(23)20-15-5-6-16(11-15)21-9-8-14-10-13(12-22)4-7-17(14)21/h4,7-10,12,15-16H,5-6,11H2,1-3H3,(H,20,23)/t15-,16?/m0/s1. The topological polar surface area (TPSA) is 60.3 Å². The van der Waals surface area contributed by atoms with Crippen LogP contribution in [0.5, 0.6) is 0 Å². The van der Waals surface area contributed by atoms with Crippen molar-refractivity contribution in [2.45, 2.75) is 57.7 Å². The Morgan fingerprint density at radius 1 is 1.29 bits per heavy atom. The van der Waals surface area contributed by atoms with E-state index in [0.717, 1.165) is 36.5 Å². The number of carbonyl (C=O) groups excluding carboxylic acids is 2. The minimum Gasteiger partial charge on any atom is -0.444 e. The van der Waals surface area contributed by atoms with Crippen LogP contribution in [0.1, 0.15) is 56.4 Å². The van der Waals surface area contributed by atoms with Crippen molar-refractivity contribution in [3.05, 3.63) is 36.0 Å². The zero-order valence-electron chi connectivity index (χ0n) is 14.4. The highest BCUT2D eigenvalue weighted by Crippen LogP contribution is 2.33. The van der Waals surface area contributed by atoms with Crippen LogP contribution < -0.4 is 5.32 Å². The van der Waals surface area contributed by atoms with Gasteiger partial charge in [-0.3, -0.25) is 4.79 Å². The first-order valence-electron chi connectivity index (χ1n) is 8.41. The van der Waals surface area contributed by atoms with Gasteiger partial charge < -0.3 is 14.6 Å². The number of nitrogens with zero attached hydrogens (tertiary/aromatic N) is 1. The molecule has 3 rings (SSSR count). The highest BCUT2D eigenvalue weighted by atomic mass is 16.6. The molecule has 1 unspecified atom stereocenters. The van der Waals surface area contributed by atoms with Crippen LogP contribution in [0.3, 0.4) is 0 Å². The molecule has 1 heterocycles. The Labute approximate surface area is 142 Å². The molecule has 1 saturated carbocycles. The molecule has 5 heteroatoms. The number of benzene rings is 1. The van der Waals surface area contributed by atoms with Gasteiger partial charge in [0.15, 0.2) is 0 Å². The van der Waals surface area contributed by atoms with Gasteiger partial charge in [-0.1, -0.05) is 0 Å². The number of carbonyl (C=O) groups is 2. The van der Waals surface area contributed by atoms with E-state index in [1.54, 1.807) is 0 Å². The molecule has 1 amide bonds. The molecule has 1 aliphatic rings. The van der Waals surface area contributed by atoms with Crippen LogP contribution in [0.25, 0.3) is 10.9 Å². The van der Waals surface area contributed by atoms with Crippen LogP contribution in [-0.2, 0) is 4.74 Å². The van der Waals surface area contributed by atoms with Crippen molar-refractivity contribution in [2.24, 2.45) is 0 Å². The Morgan fingerprint density at radius 3 is 2.79 bits per heavy atom. The van der Waals surface area contributed by atoms with Crippen molar-refractivity contribution in [1.29, 1.82) is 0 Å². The van der Waals surface area contributed by atoms with Crippen LogP contribution in [0.2, 0.25) is 0 Å². The van der Waals surface area contributed by atoms with Crippen molar-refractivity contribution in [2.75, 3.05) is 0 Å². The number of ether oxygens (including phenoxy) is 1. The number of nitrogens with one attached hydrogen (secondary N) is 1. The van der Waals surface area contributed by atoms with Gasteiger partial charge in [0.25, 0.3) is 0 Å². The van der Waals surface area contributed by atoms with E-state index in [1.807, 2.05) is 45.0 Å². The van der Waals surface area contributed by atoms with E-state index in [0.29, 0.717) is 11.6 Å². The number of fused-ring (bicyclic) bond motifs is 1.